The molecule has 1 saturated heterocycles. The van der Waals surface area contributed by atoms with E-state index in [4.69, 9.17) is 4.98 Å². The fourth-order valence-corrected chi connectivity index (χ4v) is 4.63. The lowest BCUT2D eigenvalue weighted by molar-refractivity contribution is 0.176. The maximum atomic E-state index is 12.5. The van der Waals surface area contributed by atoms with Crippen molar-refractivity contribution in [1.82, 2.24) is 29.0 Å². The van der Waals surface area contributed by atoms with Crippen LogP contribution in [0.15, 0.2) is 47.7 Å². The lowest BCUT2D eigenvalue weighted by Gasteiger charge is -2.43. The van der Waals surface area contributed by atoms with Crippen molar-refractivity contribution in [3.8, 4) is 0 Å². The monoisotopic (exact) mass is 417 g/mol. The predicted molar refractivity (Wildman–Crippen MR) is 122 cm³/mol. The Bertz CT molecular complexity index is 1320. The highest BCUT2D eigenvalue weighted by Crippen LogP contribution is 2.29. The molecule has 0 amide bonds. The molecule has 0 bridgehead atoms. The second-order valence-electron chi connectivity index (χ2n) is 8.46. The fourth-order valence-electron chi connectivity index (χ4n) is 4.63. The number of benzene rings is 1. The van der Waals surface area contributed by atoms with Crippen LogP contribution < -0.4 is 10.5 Å². The van der Waals surface area contributed by atoms with E-state index in [2.05, 4.69) is 45.7 Å². The van der Waals surface area contributed by atoms with E-state index in [0.29, 0.717) is 0 Å². The number of rotatable bonds is 3. The van der Waals surface area contributed by atoms with E-state index in [1.807, 2.05) is 23.7 Å². The van der Waals surface area contributed by atoms with E-state index in [1.54, 1.807) is 30.2 Å². The molecular formula is C23H27N7O. The van der Waals surface area contributed by atoms with Gasteiger partial charge in [-0.2, -0.15) is 0 Å². The Kier molecular flexibility index (Phi) is 4.74. The van der Waals surface area contributed by atoms with Crippen molar-refractivity contribution in [2.45, 2.75) is 32.9 Å². The van der Waals surface area contributed by atoms with Gasteiger partial charge in [0.05, 0.1) is 28.6 Å². The fraction of sp³-hybridized carbons (Fsp3) is 0.391. The van der Waals surface area contributed by atoms with Gasteiger partial charge in [-0.1, -0.05) is 6.07 Å². The molecular weight excluding hydrogens is 390 g/mol. The molecule has 1 aliphatic rings. The summed E-state index contributed by atoms with van der Waals surface area (Å²) in [6.45, 7) is 9.07. The van der Waals surface area contributed by atoms with E-state index in [1.165, 1.54) is 5.56 Å². The molecule has 5 rings (SSSR count). The first-order chi connectivity index (χ1) is 14.9. The molecule has 8 nitrogen and oxygen atoms in total. The third kappa shape index (κ3) is 3.37. The number of aromatic nitrogens is 5. The average Bonchev–Trinajstić information content (AvgIpc) is 3.17. The van der Waals surface area contributed by atoms with Gasteiger partial charge in [0, 0.05) is 57.2 Å². The number of hydrogen-bond donors (Lipinski definition) is 0. The van der Waals surface area contributed by atoms with Gasteiger partial charge >= 0.3 is 0 Å². The summed E-state index contributed by atoms with van der Waals surface area (Å²) in [6.07, 6.45) is 5.37. The maximum absolute atomic E-state index is 12.5. The molecule has 4 heterocycles. The van der Waals surface area contributed by atoms with Crippen molar-refractivity contribution in [3.63, 3.8) is 0 Å². The van der Waals surface area contributed by atoms with Gasteiger partial charge < -0.3 is 4.90 Å². The first kappa shape index (κ1) is 19.7. The quantitative estimate of drug-likeness (QED) is 0.510. The van der Waals surface area contributed by atoms with Gasteiger partial charge in [0.2, 0.25) is 0 Å². The third-order valence-electron chi connectivity index (χ3n) is 6.43. The number of anilines is 1. The lowest BCUT2D eigenvalue weighted by atomic mass is 10.0. The van der Waals surface area contributed by atoms with Gasteiger partial charge in [-0.15, -0.1) is 0 Å². The molecule has 1 fully saturated rings. The minimum absolute atomic E-state index is 0.0276. The minimum Gasteiger partial charge on any atom is -0.363 e. The zero-order valence-electron chi connectivity index (χ0n) is 18.4. The van der Waals surface area contributed by atoms with Crippen LogP contribution in [0.1, 0.15) is 31.1 Å². The summed E-state index contributed by atoms with van der Waals surface area (Å²) in [5.74, 6) is 0. The van der Waals surface area contributed by atoms with Crippen molar-refractivity contribution in [2.24, 2.45) is 7.05 Å². The summed E-state index contributed by atoms with van der Waals surface area (Å²) in [7, 11) is 1.78. The highest BCUT2D eigenvalue weighted by atomic mass is 16.1. The lowest BCUT2D eigenvalue weighted by Crippen LogP contribution is -2.53. The van der Waals surface area contributed by atoms with Crippen LogP contribution in [0, 0.1) is 6.92 Å². The molecule has 2 unspecified atom stereocenters. The van der Waals surface area contributed by atoms with Gasteiger partial charge in [0.15, 0.2) is 5.65 Å². The summed E-state index contributed by atoms with van der Waals surface area (Å²) in [5, 5.41) is 0. The van der Waals surface area contributed by atoms with Crippen molar-refractivity contribution in [3.05, 3.63) is 64.5 Å². The summed E-state index contributed by atoms with van der Waals surface area (Å²) >= 11 is 0. The number of hydrogen-bond acceptors (Lipinski definition) is 6. The Balaban J connectivity index is 1.41. The largest absolute Gasteiger partial charge is 0.363 e. The van der Waals surface area contributed by atoms with E-state index >= 15 is 0 Å². The number of nitrogens with zero attached hydrogens (tertiary/aromatic N) is 7. The number of piperazine rings is 1. The summed E-state index contributed by atoms with van der Waals surface area (Å²) in [5.41, 5.74) is 5.71. The SMILES string of the molecule is Cc1cn2c(n1)c(N1CCN(C(C)c3ccc4nccnc4c3)CC1C)cc(=O)n2C. The van der Waals surface area contributed by atoms with Gasteiger partial charge in [0.1, 0.15) is 0 Å². The first-order valence-electron chi connectivity index (χ1n) is 10.7. The van der Waals surface area contributed by atoms with Crippen molar-refractivity contribution in [1.29, 1.82) is 0 Å². The maximum Gasteiger partial charge on any atom is 0.267 e. The van der Waals surface area contributed by atoms with Crippen LogP contribution in [-0.2, 0) is 7.05 Å². The Hall–Kier alpha value is -3.26. The number of imidazole rings is 1. The van der Waals surface area contributed by atoms with Gasteiger partial charge in [-0.25, -0.2) is 14.2 Å². The standard InChI is InChI=1S/C23H27N7O/c1-15-13-30-23(26-15)21(12-22(31)27(30)4)29-10-9-28(14-16(29)2)17(3)18-5-6-19-20(11-18)25-8-7-24-19/h5-8,11-13,16-17H,9-10,14H2,1-4H3. The van der Waals surface area contributed by atoms with Crippen molar-refractivity contribution >= 4 is 22.4 Å². The molecule has 3 aromatic heterocycles. The molecule has 4 aromatic rings. The summed E-state index contributed by atoms with van der Waals surface area (Å²) in [4.78, 5) is 30.9. The average molecular weight is 418 g/mol. The molecule has 0 aliphatic carbocycles. The summed E-state index contributed by atoms with van der Waals surface area (Å²) in [6, 6.07) is 8.58. The normalized spacial score (nSPS) is 18.7. The molecule has 8 heteroatoms. The second kappa shape index (κ2) is 7.46. The number of aryl methyl sites for hydroxylation is 2. The van der Waals surface area contributed by atoms with E-state index < -0.39 is 0 Å². The van der Waals surface area contributed by atoms with Crippen LogP contribution in [0.5, 0.6) is 0 Å². The van der Waals surface area contributed by atoms with Crippen LogP contribution in [0.25, 0.3) is 16.7 Å². The van der Waals surface area contributed by atoms with Crippen LogP contribution in [0.3, 0.4) is 0 Å². The first-order valence-corrected chi connectivity index (χ1v) is 10.7. The molecule has 0 N–H and O–H groups in total. The highest BCUT2D eigenvalue weighted by molar-refractivity contribution is 5.74. The molecule has 0 saturated carbocycles. The molecule has 2 atom stereocenters. The Labute approximate surface area is 180 Å². The van der Waals surface area contributed by atoms with Crippen molar-refractivity contribution < 1.29 is 0 Å². The molecule has 1 aliphatic heterocycles. The zero-order chi connectivity index (χ0) is 21.7. The van der Waals surface area contributed by atoms with E-state index in [0.717, 1.165) is 47.7 Å². The minimum atomic E-state index is -0.0276. The highest BCUT2D eigenvalue weighted by Gasteiger charge is 2.29. The van der Waals surface area contributed by atoms with Crippen LogP contribution in [-0.4, -0.2) is 54.7 Å². The van der Waals surface area contributed by atoms with Crippen LogP contribution in [0.4, 0.5) is 5.69 Å². The van der Waals surface area contributed by atoms with Crippen LogP contribution in [0.2, 0.25) is 0 Å². The molecule has 31 heavy (non-hydrogen) atoms. The summed E-state index contributed by atoms with van der Waals surface area (Å²) < 4.78 is 3.45. The Morgan fingerprint density at radius 3 is 2.65 bits per heavy atom. The third-order valence-corrected chi connectivity index (χ3v) is 6.43. The number of fused-ring (bicyclic) bond motifs is 2. The smallest absolute Gasteiger partial charge is 0.267 e. The Morgan fingerprint density at radius 1 is 1.10 bits per heavy atom. The van der Waals surface area contributed by atoms with Gasteiger partial charge in [-0.05, 0) is 38.5 Å². The molecule has 0 spiro atoms. The zero-order valence-corrected chi connectivity index (χ0v) is 18.4. The van der Waals surface area contributed by atoms with E-state index in [9.17, 15) is 4.79 Å². The molecule has 1 aromatic carbocycles. The van der Waals surface area contributed by atoms with Gasteiger partial charge in [0.25, 0.3) is 5.56 Å². The topological polar surface area (TPSA) is 71.6 Å². The van der Waals surface area contributed by atoms with Crippen LogP contribution >= 0.6 is 0 Å². The van der Waals surface area contributed by atoms with Crippen molar-refractivity contribution in [2.75, 3.05) is 24.5 Å². The predicted octanol–water partition coefficient (Wildman–Crippen LogP) is 2.56. The van der Waals surface area contributed by atoms with Gasteiger partial charge in [-0.3, -0.25) is 19.7 Å². The second-order valence-corrected chi connectivity index (χ2v) is 8.46. The van der Waals surface area contributed by atoms with E-state index in [-0.39, 0.29) is 17.6 Å². The Morgan fingerprint density at radius 2 is 1.87 bits per heavy atom. The molecule has 160 valence electrons. The molecule has 0 radical (unpaired) electrons.